The van der Waals surface area contributed by atoms with Gasteiger partial charge in [-0.05, 0) is 69.2 Å². The second-order valence-corrected chi connectivity index (χ2v) is 8.05. The molecule has 0 unspecified atom stereocenters. The summed E-state index contributed by atoms with van der Waals surface area (Å²) in [4.78, 5) is 30.3. The number of nitrogens with zero attached hydrogens (tertiary/aromatic N) is 2. The second-order valence-electron chi connectivity index (χ2n) is 8.05. The van der Waals surface area contributed by atoms with Crippen LogP contribution in [0.25, 0.3) is 0 Å². The summed E-state index contributed by atoms with van der Waals surface area (Å²) >= 11 is 0. The molecule has 0 atom stereocenters. The molecule has 0 spiro atoms. The Hall–Kier alpha value is -2.63. The zero-order valence-corrected chi connectivity index (χ0v) is 16.7. The van der Waals surface area contributed by atoms with Gasteiger partial charge in [0.2, 0.25) is 0 Å². The fraction of sp³-hybridized carbons (Fsp3) is 0.500. The second kappa shape index (κ2) is 7.78. The predicted octanol–water partition coefficient (Wildman–Crippen LogP) is 3.76. The van der Waals surface area contributed by atoms with Gasteiger partial charge in [0.25, 0.3) is 11.8 Å². The van der Waals surface area contributed by atoms with Crippen LogP contribution in [0.3, 0.4) is 0 Å². The van der Waals surface area contributed by atoms with Crippen molar-refractivity contribution >= 4 is 17.5 Å². The Labute approximate surface area is 165 Å². The Morgan fingerprint density at radius 1 is 1.04 bits per heavy atom. The van der Waals surface area contributed by atoms with Gasteiger partial charge in [-0.15, -0.1) is 0 Å². The zero-order chi connectivity index (χ0) is 19.7. The third kappa shape index (κ3) is 3.68. The summed E-state index contributed by atoms with van der Waals surface area (Å²) in [6.45, 7) is 4.81. The van der Waals surface area contributed by atoms with Gasteiger partial charge in [-0.25, -0.2) is 4.98 Å². The molecule has 148 valence electrons. The molecule has 0 saturated heterocycles. The molecular weight excluding hydrogens is 352 g/mol. The Morgan fingerprint density at radius 3 is 2.57 bits per heavy atom. The van der Waals surface area contributed by atoms with Crippen LogP contribution in [0.2, 0.25) is 0 Å². The molecule has 1 aliphatic heterocycles. The van der Waals surface area contributed by atoms with Crippen molar-refractivity contribution in [3.05, 3.63) is 46.5 Å². The third-order valence-electron chi connectivity index (χ3n) is 5.99. The summed E-state index contributed by atoms with van der Waals surface area (Å²) in [5.74, 6) is -0.0130. The first-order valence-corrected chi connectivity index (χ1v) is 10.3. The number of hydrogen-bond acceptors (Lipinski definition) is 3. The number of fused-ring (bicyclic) bond motifs is 1. The third-order valence-corrected chi connectivity index (χ3v) is 5.99. The van der Waals surface area contributed by atoms with Gasteiger partial charge in [0.05, 0.1) is 5.69 Å². The fourth-order valence-corrected chi connectivity index (χ4v) is 4.23. The maximum Gasteiger partial charge on any atom is 0.287 e. The number of anilines is 1. The van der Waals surface area contributed by atoms with Gasteiger partial charge >= 0.3 is 0 Å². The van der Waals surface area contributed by atoms with Crippen LogP contribution in [-0.4, -0.2) is 27.4 Å². The molecule has 1 fully saturated rings. The Bertz CT molecular complexity index is 910. The van der Waals surface area contributed by atoms with E-state index in [1.165, 1.54) is 5.56 Å². The van der Waals surface area contributed by atoms with Crippen molar-refractivity contribution in [3.63, 3.8) is 0 Å². The van der Waals surface area contributed by atoms with E-state index in [2.05, 4.69) is 15.6 Å². The lowest BCUT2D eigenvalue weighted by atomic mass is 10.1. The quantitative estimate of drug-likeness (QED) is 0.848. The standard InChI is InChI=1S/C22H28N4O2/c1-14-10-11-17(13-15(14)2)24-21(27)19-18-9-5-6-12-26(18)20(25-19)22(28)23-16-7-3-4-8-16/h10-11,13,16H,3-9,12H2,1-2H3,(H,23,28)(H,24,27). The van der Waals surface area contributed by atoms with Crippen LogP contribution in [0, 0.1) is 13.8 Å². The first-order chi connectivity index (χ1) is 13.5. The zero-order valence-electron chi connectivity index (χ0n) is 16.7. The van der Waals surface area contributed by atoms with Crippen LogP contribution in [0.4, 0.5) is 5.69 Å². The van der Waals surface area contributed by atoms with Crippen LogP contribution in [0.1, 0.15) is 76.5 Å². The van der Waals surface area contributed by atoms with Crippen molar-refractivity contribution < 1.29 is 9.59 Å². The largest absolute Gasteiger partial charge is 0.347 e. The summed E-state index contributed by atoms with van der Waals surface area (Å²) in [7, 11) is 0. The van der Waals surface area contributed by atoms with Crippen LogP contribution in [-0.2, 0) is 13.0 Å². The number of hydrogen-bond donors (Lipinski definition) is 2. The molecule has 6 heteroatoms. The van der Waals surface area contributed by atoms with E-state index in [9.17, 15) is 9.59 Å². The minimum atomic E-state index is -0.242. The highest BCUT2D eigenvalue weighted by atomic mass is 16.2. The van der Waals surface area contributed by atoms with Gasteiger partial charge in [-0.2, -0.15) is 0 Å². The molecule has 1 saturated carbocycles. The number of aryl methyl sites for hydroxylation is 2. The molecule has 0 bridgehead atoms. The van der Waals surface area contributed by atoms with E-state index in [4.69, 9.17) is 0 Å². The molecule has 2 N–H and O–H groups in total. The maximum absolute atomic E-state index is 12.9. The van der Waals surface area contributed by atoms with Crippen molar-refractivity contribution in [1.29, 1.82) is 0 Å². The van der Waals surface area contributed by atoms with Gasteiger partial charge in [-0.1, -0.05) is 18.9 Å². The number of aromatic nitrogens is 2. The highest BCUT2D eigenvalue weighted by Crippen LogP contribution is 2.24. The van der Waals surface area contributed by atoms with E-state index < -0.39 is 0 Å². The van der Waals surface area contributed by atoms with Gasteiger partial charge in [0.15, 0.2) is 11.5 Å². The van der Waals surface area contributed by atoms with Crippen LogP contribution in [0.5, 0.6) is 0 Å². The molecular formula is C22H28N4O2. The number of rotatable bonds is 4. The smallest absolute Gasteiger partial charge is 0.287 e. The van der Waals surface area contributed by atoms with Crippen LogP contribution < -0.4 is 10.6 Å². The summed E-state index contributed by atoms with van der Waals surface area (Å²) in [6.07, 6.45) is 7.17. The number of imidazole rings is 1. The Kier molecular flexibility index (Phi) is 5.20. The molecule has 6 nitrogen and oxygen atoms in total. The van der Waals surface area contributed by atoms with Crippen molar-refractivity contribution in [2.45, 2.75) is 71.4 Å². The lowest BCUT2D eigenvalue weighted by Gasteiger charge is -2.18. The van der Waals surface area contributed by atoms with Crippen molar-refractivity contribution in [3.8, 4) is 0 Å². The molecule has 4 rings (SSSR count). The molecule has 1 aromatic heterocycles. The first kappa shape index (κ1) is 18.7. The number of carbonyl (C=O) groups excluding carboxylic acids is 2. The maximum atomic E-state index is 12.9. The molecule has 2 amide bonds. The minimum Gasteiger partial charge on any atom is -0.347 e. The number of carbonyl (C=O) groups is 2. The predicted molar refractivity (Wildman–Crippen MR) is 109 cm³/mol. The lowest BCUT2D eigenvalue weighted by Crippen LogP contribution is -2.35. The number of amides is 2. The fourth-order valence-electron chi connectivity index (χ4n) is 4.23. The number of benzene rings is 1. The monoisotopic (exact) mass is 380 g/mol. The van der Waals surface area contributed by atoms with Crippen molar-refractivity contribution in [1.82, 2.24) is 14.9 Å². The highest BCUT2D eigenvalue weighted by molar-refractivity contribution is 6.05. The van der Waals surface area contributed by atoms with E-state index in [0.717, 1.165) is 68.4 Å². The lowest BCUT2D eigenvalue weighted by molar-refractivity contribution is 0.0921. The molecule has 1 aromatic carbocycles. The Balaban J connectivity index is 1.59. The summed E-state index contributed by atoms with van der Waals surface area (Å²) in [5.41, 5.74) is 4.32. The summed E-state index contributed by atoms with van der Waals surface area (Å²) in [5, 5.41) is 6.06. The van der Waals surface area contributed by atoms with E-state index in [1.807, 2.05) is 36.6 Å². The highest BCUT2D eigenvalue weighted by Gasteiger charge is 2.29. The Morgan fingerprint density at radius 2 is 1.82 bits per heavy atom. The van der Waals surface area contributed by atoms with Crippen molar-refractivity contribution in [2.75, 3.05) is 5.32 Å². The number of nitrogens with one attached hydrogen (secondary N) is 2. The summed E-state index contributed by atoms with van der Waals surface area (Å²) in [6, 6.07) is 6.09. The van der Waals surface area contributed by atoms with E-state index in [1.54, 1.807) is 0 Å². The van der Waals surface area contributed by atoms with Gasteiger partial charge in [-0.3, -0.25) is 9.59 Å². The molecule has 0 radical (unpaired) electrons. The molecule has 2 aromatic rings. The summed E-state index contributed by atoms with van der Waals surface area (Å²) < 4.78 is 1.95. The average Bonchev–Trinajstić information content (AvgIpc) is 3.32. The van der Waals surface area contributed by atoms with Gasteiger partial charge < -0.3 is 15.2 Å². The van der Waals surface area contributed by atoms with E-state index in [-0.39, 0.29) is 17.9 Å². The topological polar surface area (TPSA) is 76.0 Å². The average molecular weight is 380 g/mol. The molecule has 1 aliphatic carbocycles. The normalized spacial score (nSPS) is 16.6. The first-order valence-electron chi connectivity index (χ1n) is 10.3. The van der Waals surface area contributed by atoms with Gasteiger partial charge in [0.1, 0.15) is 0 Å². The van der Waals surface area contributed by atoms with Crippen molar-refractivity contribution in [2.24, 2.45) is 0 Å². The minimum absolute atomic E-state index is 0.153. The molecule has 28 heavy (non-hydrogen) atoms. The SMILES string of the molecule is Cc1ccc(NC(=O)c2nc(C(=O)NC3CCCC3)n3c2CCCC3)cc1C. The molecule has 2 heterocycles. The van der Waals surface area contributed by atoms with Crippen LogP contribution >= 0.6 is 0 Å². The molecule has 2 aliphatic rings. The van der Waals surface area contributed by atoms with Gasteiger partial charge in [0, 0.05) is 18.3 Å². The van der Waals surface area contributed by atoms with E-state index in [0.29, 0.717) is 11.5 Å². The van der Waals surface area contributed by atoms with E-state index >= 15 is 0 Å². The van der Waals surface area contributed by atoms with Crippen LogP contribution in [0.15, 0.2) is 18.2 Å².